The zero-order valence-electron chi connectivity index (χ0n) is 9.72. The molecule has 0 aromatic heterocycles. The van der Waals surface area contributed by atoms with Crippen LogP contribution in [0.15, 0.2) is 36.9 Å². The van der Waals surface area contributed by atoms with E-state index in [0.717, 1.165) is 5.56 Å². The standard InChI is InChI=1S/C13H15NO3/c1-3-12(15)14(9-8-13(16)17)11-6-4-10(2)5-7-11/h3-7H,1,8-9H2,2H3,(H,16,17). The molecule has 0 spiro atoms. The van der Waals surface area contributed by atoms with Crippen molar-refractivity contribution in [3.05, 3.63) is 42.5 Å². The SMILES string of the molecule is C=CC(=O)N(CCC(=O)O)c1ccc(C)cc1. The summed E-state index contributed by atoms with van der Waals surface area (Å²) in [5.41, 5.74) is 1.76. The third kappa shape index (κ3) is 3.75. The number of nitrogens with zero attached hydrogens (tertiary/aromatic N) is 1. The predicted molar refractivity (Wildman–Crippen MR) is 66.0 cm³/mol. The van der Waals surface area contributed by atoms with Gasteiger partial charge in [-0.25, -0.2) is 0 Å². The Balaban J connectivity index is 2.89. The fourth-order valence-corrected chi connectivity index (χ4v) is 1.41. The summed E-state index contributed by atoms with van der Waals surface area (Å²) in [4.78, 5) is 23.6. The summed E-state index contributed by atoms with van der Waals surface area (Å²) >= 11 is 0. The second-order valence-corrected chi connectivity index (χ2v) is 3.67. The maximum atomic E-state index is 11.6. The smallest absolute Gasteiger partial charge is 0.305 e. The quantitative estimate of drug-likeness (QED) is 0.791. The summed E-state index contributed by atoms with van der Waals surface area (Å²) < 4.78 is 0. The summed E-state index contributed by atoms with van der Waals surface area (Å²) in [6, 6.07) is 7.33. The molecule has 0 bridgehead atoms. The summed E-state index contributed by atoms with van der Waals surface area (Å²) in [6.07, 6.45) is 1.09. The third-order valence-electron chi connectivity index (χ3n) is 2.34. The molecule has 0 saturated heterocycles. The zero-order valence-corrected chi connectivity index (χ0v) is 9.72. The van der Waals surface area contributed by atoms with Gasteiger partial charge < -0.3 is 10.0 Å². The number of hydrogen-bond donors (Lipinski definition) is 1. The van der Waals surface area contributed by atoms with Crippen molar-refractivity contribution in [1.29, 1.82) is 0 Å². The van der Waals surface area contributed by atoms with Gasteiger partial charge in [0.25, 0.3) is 0 Å². The predicted octanol–water partition coefficient (Wildman–Crippen LogP) is 1.99. The molecule has 0 heterocycles. The molecule has 0 aliphatic carbocycles. The van der Waals surface area contributed by atoms with E-state index < -0.39 is 5.97 Å². The van der Waals surface area contributed by atoms with Crippen molar-refractivity contribution in [3.63, 3.8) is 0 Å². The number of amides is 1. The van der Waals surface area contributed by atoms with Gasteiger partial charge in [-0.15, -0.1) is 0 Å². The van der Waals surface area contributed by atoms with Gasteiger partial charge in [-0.3, -0.25) is 9.59 Å². The van der Waals surface area contributed by atoms with E-state index >= 15 is 0 Å². The Hall–Kier alpha value is -2.10. The lowest BCUT2D eigenvalue weighted by atomic mass is 10.2. The second kappa shape index (κ2) is 5.84. The van der Waals surface area contributed by atoms with E-state index in [9.17, 15) is 9.59 Å². The van der Waals surface area contributed by atoms with Crippen molar-refractivity contribution in [2.45, 2.75) is 13.3 Å². The highest BCUT2D eigenvalue weighted by Crippen LogP contribution is 2.16. The monoisotopic (exact) mass is 233 g/mol. The molecule has 0 atom stereocenters. The molecule has 0 aliphatic rings. The van der Waals surface area contributed by atoms with Crippen molar-refractivity contribution < 1.29 is 14.7 Å². The van der Waals surface area contributed by atoms with E-state index in [1.165, 1.54) is 11.0 Å². The molecule has 0 radical (unpaired) electrons. The van der Waals surface area contributed by atoms with E-state index in [2.05, 4.69) is 6.58 Å². The van der Waals surface area contributed by atoms with Crippen molar-refractivity contribution >= 4 is 17.6 Å². The van der Waals surface area contributed by atoms with Crippen molar-refractivity contribution in [3.8, 4) is 0 Å². The molecule has 0 fully saturated rings. The minimum absolute atomic E-state index is 0.0898. The molecular weight excluding hydrogens is 218 g/mol. The Morgan fingerprint density at radius 2 is 1.94 bits per heavy atom. The van der Waals surface area contributed by atoms with Crippen molar-refractivity contribution in [1.82, 2.24) is 0 Å². The first-order valence-corrected chi connectivity index (χ1v) is 5.27. The number of carboxylic acids is 1. The average Bonchev–Trinajstić information content (AvgIpc) is 2.30. The van der Waals surface area contributed by atoms with Gasteiger partial charge in [-0.2, -0.15) is 0 Å². The number of hydrogen-bond acceptors (Lipinski definition) is 2. The average molecular weight is 233 g/mol. The number of benzene rings is 1. The Morgan fingerprint density at radius 3 is 2.41 bits per heavy atom. The number of anilines is 1. The van der Waals surface area contributed by atoms with Gasteiger partial charge in [0.2, 0.25) is 5.91 Å². The highest BCUT2D eigenvalue weighted by molar-refractivity contribution is 6.01. The summed E-state index contributed by atoms with van der Waals surface area (Å²) in [7, 11) is 0. The molecule has 0 aliphatic heterocycles. The number of carboxylic acid groups (broad SMARTS) is 1. The molecule has 4 heteroatoms. The Bertz CT molecular complexity index is 423. The zero-order chi connectivity index (χ0) is 12.8. The fraction of sp³-hybridized carbons (Fsp3) is 0.231. The van der Waals surface area contributed by atoms with Crippen LogP contribution in [-0.2, 0) is 9.59 Å². The molecule has 17 heavy (non-hydrogen) atoms. The van der Waals surface area contributed by atoms with E-state index in [-0.39, 0.29) is 18.9 Å². The lowest BCUT2D eigenvalue weighted by Crippen LogP contribution is -2.31. The van der Waals surface area contributed by atoms with E-state index in [0.29, 0.717) is 5.69 Å². The summed E-state index contributed by atoms with van der Waals surface area (Å²) in [6.45, 7) is 5.50. The second-order valence-electron chi connectivity index (χ2n) is 3.67. The fourth-order valence-electron chi connectivity index (χ4n) is 1.41. The van der Waals surface area contributed by atoms with E-state index in [1.807, 2.05) is 19.1 Å². The molecule has 1 amide bonds. The Morgan fingerprint density at radius 1 is 1.35 bits per heavy atom. The van der Waals surface area contributed by atoms with Crippen molar-refractivity contribution in [2.75, 3.05) is 11.4 Å². The largest absolute Gasteiger partial charge is 0.481 e. The highest BCUT2D eigenvalue weighted by atomic mass is 16.4. The topological polar surface area (TPSA) is 57.6 Å². The van der Waals surface area contributed by atoms with Gasteiger partial charge in [0, 0.05) is 12.2 Å². The summed E-state index contributed by atoms with van der Waals surface area (Å²) in [5.74, 6) is -1.23. The molecule has 1 aromatic carbocycles. The molecular formula is C13H15NO3. The van der Waals surface area contributed by atoms with Gasteiger partial charge in [0.15, 0.2) is 0 Å². The number of carbonyl (C=O) groups excluding carboxylic acids is 1. The lowest BCUT2D eigenvalue weighted by molar-refractivity contribution is -0.136. The van der Waals surface area contributed by atoms with Crippen LogP contribution < -0.4 is 4.90 Å². The van der Waals surface area contributed by atoms with Gasteiger partial charge in [0.1, 0.15) is 0 Å². The number of aryl methyl sites for hydroxylation is 1. The first-order chi connectivity index (χ1) is 8.04. The molecule has 4 nitrogen and oxygen atoms in total. The molecule has 0 saturated carbocycles. The Labute approximate surface area is 100 Å². The van der Waals surface area contributed by atoms with Gasteiger partial charge >= 0.3 is 5.97 Å². The van der Waals surface area contributed by atoms with Gasteiger partial charge in [-0.1, -0.05) is 24.3 Å². The van der Waals surface area contributed by atoms with E-state index in [4.69, 9.17) is 5.11 Å². The maximum absolute atomic E-state index is 11.6. The van der Waals surface area contributed by atoms with Crippen LogP contribution in [0.4, 0.5) is 5.69 Å². The summed E-state index contributed by atoms with van der Waals surface area (Å²) in [5, 5.41) is 8.64. The first kappa shape index (κ1) is 13.0. The van der Waals surface area contributed by atoms with Gasteiger partial charge in [0.05, 0.1) is 6.42 Å². The number of carbonyl (C=O) groups is 2. The van der Waals surface area contributed by atoms with Crippen LogP contribution in [0.5, 0.6) is 0 Å². The molecule has 1 aromatic rings. The molecule has 0 unspecified atom stereocenters. The number of rotatable bonds is 5. The Kier molecular flexibility index (Phi) is 4.46. The van der Waals surface area contributed by atoms with Crippen LogP contribution in [0.1, 0.15) is 12.0 Å². The highest BCUT2D eigenvalue weighted by Gasteiger charge is 2.13. The van der Waals surface area contributed by atoms with Crippen LogP contribution in [0.2, 0.25) is 0 Å². The third-order valence-corrected chi connectivity index (χ3v) is 2.34. The van der Waals surface area contributed by atoms with Crippen LogP contribution in [0.3, 0.4) is 0 Å². The van der Waals surface area contributed by atoms with E-state index in [1.54, 1.807) is 12.1 Å². The normalized spacial score (nSPS) is 9.71. The van der Waals surface area contributed by atoms with Crippen LogP contribution in [0.25, 0.3) is 0 Å². The molecule has 1 rings (SSSR count). The minimum Gasteiger partial charge on any atom is -0.481 e. The lowest BCUT2D eigenvalue weighted by Gasteiger charge is -2.20. The number of aliphatic carboxylic acids is 1. The van der Waals surface area contributed by atoms with Crippen LogP contribution in [-0.4, -0.2) is 23.5 Å². The van der Waals surface area contributed by atoms with Crippen LogP contribution >= 0.6 is 0 Å². The van der Waals surface area contributed by atoms with Gasteiger partial charge in [-0.05, 0) is 25.1 Å². The molecule has 90 valence electrons. The first-order valence-electron chi connectivity index (χ1n) is 5.27. The molecule has 1 N–H and O–H groups in total. The van der Waals surface area contributed by atoms with Crippen molar-refractivity contribution in [2.24, 2.45) is 0 Å². The minimum atomic E-state index is -0.932. The van der Waals surface area contributed by atoms with Crippen LogP contribution in [0, 0.1) is 6.92 Å². The maximum Gasteiger partial charge on any atom is 0.305 e.